The number of carbonyl (C=O) groups is 1. The van der Waals surface area contributed by atoms with Crippen LogP contribution in [0.3, 0.4) is 0 Å². The van der Waals surface area contributed by atoms with E-state index in [0.29, 0.717) is 5.02 Å². The van der Waals surface area contributed by atoms with Gasteiger partial charge >= 0.3 is 0 Å². The largest absolute Gasteiger partial charge is 0.320 e. The van der Waals surface area contributed by atoms with Crippen LogP contribution in [-0.4, -0.2) is 5.91 Å². The van der Waals surface area contributed by atoms with Crippen molar-refractivity contribution in [1.82, 2.24) is 0 Å². The number of hydrogen-bond donors (Lipinski definition) is 1. The third kappa shape index (κ3) is 2.94. The number of amides is 1. The molecule has 94 valence electrons. The molecule has 1 heterocycles. The molecule has 2 aromatic rings. The third-order valence-corrected chi connectivity index (χ3v) is 4.36. The van der Waals surface area contributed by atoms with E-state index in [1.54, 1.807) is 18.2 Å². The molecule has 5 heteroatoms. The number of aryl methyl sites for hydroxylation is 1. The molecule has 1 N–H and O–H groups in total. The van der Waals surface area contributed by atoms with Gasteiger partial charge in [-0.05, 0) is 57.6 Å². The van der Waals surface area contributed by atoms with Crippen molar-refractivity contribution in [2.24, 2.45) is 0 Å². The summed E-state index contributed by atoms with van der Waals surface area (Å²) in [7, 11) is 0. The van der Waals surface area contributed by atoms with Crippen LogP contribution in [0.15, 0.2) is 34.1 Å². The molecule has 2 rings (SSSR count). The number of anilines is 1. The zero-order valence-corrected chi connectivity index (χ0v) is 12.8. The summed E-state index contributed by atoms with van der Waals surface area (Å²) >= 11 is 10.7. The van der Waals surface area contributed by atoms with E-state index in [2.05, 4.69) is 21.2 Å². The van der Waals surface area contributed by atoms with E-state index in [1.807, 2.05) is 18.4 Å². The number of thiophene rings is 1. The Kier molecular flexibility index (Phi) is 4.43. The molecule has 0 unspecified atom stereocenters. The SMILES string of the molecule is CCc1ccsc1C(=O)Nc1ccc(Cl)cc1Br. The molecule has 1 amide bonds. The first-order valence-electron chi connectivity index (χ1n) is 5.44. The molecule has 2 nitrogen and oxygen atoms in total. The normalized spacial score (nSPS) is 10.4. The maximum Gasteiger partial charge on any atom is 0.266 e. The minimum Gasteiger partial charge on any atom is -0.320 e. The summed E-state index contributed by atoms with van der Waals surface area (Å²) in [5, 5.41) is 5.45. The molecule has 18 heavy (non-hydrogen) atoms. The second-order valence-corrected chi connectivity index (χ2v) is 5.91. The highest BCUT2D eigenvalue weighted by Crippen LogP contribution is 2.27. The maximum absolute atomic E-state index is 12.1. The Labute approximate surface area is 123 Å². The van der Waals surface area contributed by atoms with Gasteiger partial charge in [-0.3, -0.25) is 4.79 Å². The van der Waals surface area contributed by atoms with Crippen molar-refractivity contribution in [3.8, 4) is 0 Å². The van der Waals surface area contributed by atoms with E-state index in [9.17, 15) is 4.79 Å². The Morgan fingerprint density at radius 1 is 1.44 bits per heavy atom. The molecular formula is C13H11BrClNOS. The van der Waals surface area contributed by atoms with Crippen LogP contribution in [0.1, 0.15) is 22.2 Å². The highest BCUT2D eigenvalue weighted by Gasteiger charge is 2.13. The smallest absolute Gasteiger partial charge is 0.266 e. The van der Waals surface area contributed by atoms with Gasteiger partial charge in [0.25, 0.3) is 5.91 Å². The predicted molar refractivity (Wildman–Crippen MR) is 80.8 cm³/mol. The first-order valence-corrected chi connectivity index (χ1v) is 7.49. The summed E-state index contributed by atoms with van der Waals surface area (Å²) in [6.45, 7) is 2.04. The van der Waals surface area contributed by atoms with Gasteiger partial charge in [-0.2, -0.15) is 0 Å². The van der Waals surface area contributed by atoms with Crippen LogP contribution in [0.4, 0.5) is 5.69 Å². The van der Waals surface area contributed by atoms with Crippen LogP contribution < -0.4 is 5.32 Å². The van der Waals surface area contributed by atoms with Crippen LogP contribution >= 0.6 is 38.9 Å². The van der Waals surface area contributed by atoms with Gasteiger partial charge in [0.15, 0.2) is 0 Å². The number of nitrogens with one attached hydrogen (secondary N) is 1. The van der Waals surface area contributed by atoms with E-state index in [1.165, 1.54) is 11.3 Å². The van der Waals surface area contributed by atoms with Crippen LogP contribution in [-0.2, 0) is 6.42 Å². The summed E-state index contributed by atoms with van der Waals surface area (Å²) in [5.41, 5.74) is 1.79. The fraction of sp³-hybridized carbons (Fsp3) is 0.154. The molecule has 0 radical (unpaired) electrons. The first-order chi connectivity index (χ1) is 8.61. The zero-order valence-electron chi connectivity index (χ0n) is 9.67. The molecule has 0 saturated heterocycles. The van der Waals surface area contributed by atoms with E-state index >= 15 is 0 Å². The second-order valence-electron chi connectivity index (χ2n) is 3.71. The fourth-order valence-electron chi connectivity index (χ4n) is 1.58. The predicted octanol–water partition coefficient (Wildman–Crippen LogP) is 4.98. The molecule has 0 atom stereocenters. The summed E-state index contributed by atoms with van der Waals surface area (Å²) in [6.07, 6.45) is 0.855. The number of halogens is 2. The first kappa shape index (κ1) is 13.6. The van der Waals surface area contributed by atoms with Crippen molar-refractivity contribution in [2.75, 3.05) is 5.32 Å². The molecule has 0 bridgehead atoms. The molecule has 0 saturated carbocycles. The van der Waals surface area contributed by atoms with Crippen LogP contribution in [0.5, 0.6) is 0 Å². The Balaban J connectivity index is 2.21. The van der Waals surface area contributed by atoms with Gasteiger partial charge in [0, 0.05) is 9.50 Å². The van der Waals surface area contributed by atoms with E-state index in [-0.39, 0.29) is 5.91 Å². The lowest BCUT2D eigenvalue weighted by Gasteiger charge is -2.07. The molecule has 1 aromatic heterocycles. The van der Waals surface area contributed by atoms with Gasteiger partial charge in [-0.25, -0.2) is 0 Å². The molecule has 0 aliphatic carbocycles. The zero-order chi connectivity index (χ0) is 13.1. The number of benzene rings is 1. The van der Waals surface area contributed by atoms with Crippen LogP contribution in [0.25, 0.3) is 0 Å². The van der Waals surface area contributed by atoms with Gasteiger partial charge in [-0.1, -0.05) is 18.5 Å². The summed E-state index contributed by atoms with van der Waals surface area (Å²) in [4.78, 5) is 12.9. The highest BCUT2D eigenvalue weighted by molar-refractivity contribution is 9.10. The number of hydrogen-bond acceptors (Lipinski definition) is 2. The monoisotopic (exact) mass is 343 g/mol. The fourth-order valence-corrected chi connectivity index (χ4v) is 3.26. The van der Waals surface area contributed by atoms with Crippen molar-refractivity contribution in [3.63, 3.8) is 0 Å². The van der Waals surface area contributed by atoms with Crippen molar-refractivity contribution in [1.29, 1.82) is 0 Å². The van der Waals surface area contributed by atoms with Gasteiger partial charge in [0.05, 0.1) is 10.6 Å². The van der Waals surface area contributed by atoms with Crippen LogP contribution in [0, 0.1) is 0 Å². The van der Waals surface area contributed by atoms with Crippen molar-refractivity contribution < 1.29 is 4.79 Å². The lowest BCUT2D eigenvalue weighted by molar-refractivity contribution is 0.102. The van der Waals surface area contributed by atoms with Gasteiger partial charge in [-0.15, -0.1) is 11.3 Å². The highest BCUT2D eigenvalue weighted by atomic mass is 79.9. The van der Waals surface area contributed by atoms with Crippen LogP contribution in [0.2, 0.25) is 5.02 Å². The molecule has 1 aromatic carbocycles. The standard InChI is InChI=1S/C13H11BrClNOS/c1-2-8-5-6-18-12(8)13(17)16-11-4-3-9(15)7-10(11)14/h3-7H,2H2,1H3,(H,16,17). The van der Waals surface area contributed by atoms with Crippen molar-refractivity contribution in [3.05, 3.63) is 49.6 Å². The van der Waals surface area contributed by atoms with E-state index < -0.39 is 0 Å². The molecule has 0 aliphatic heterocycles. The second kappa shape index (κ2) is 5.87. The summed E-state index contributed by atoms with van der Waals surface area (Å²) in [6, 6.07) is 7.27. The summed E-state index contributed by atoms with van der Waals surface area (Å²) in [5.74, 6) is -0.0788. The third-order valence-electron chi connectivity index (χ3n) is 2.51. The molecule has 0 spiro atoms. The molecule has 0 aliphatic rings. The molecule has 0 fully saturated rings. The Morgan fingerprint density at radius 2 is 2.22 bits per heavy atom. The van der Waals surface area contributed by atoms with E-state index in [4.69, 9.17) is 11.6 Å². The lowest BCUT2D eigenvalue weighted by atomic mass is 10.2. The average Bonchev–Trinajstić information content (AvgIpc) is 2.81. The molecular weight excluding hydrogens is 334 g/mol. The number of carbonyl (C=O) groups excluding carboxylic acids is 1. The van der Waals surface area contributed by atoms with Gasteiger partial charge < -0.3 is 5.32 Å². The Morgan fingerprint density at radius 3 is 2.89 bits per heavy atom. The van der Waals surface area contributed by atoms with Crippen molar-refractivity contribution in [2.45, 2.75) is 13.3 Å². The quantitative estimate of drug-likeness (QED) is 0.836. The van der Waals surface area contributed by atoms with Gasteiger partial charge in [0.1, 0.15) is 0 Å². The minimum absolute atomic E-state index is 0.0788. The Bertz CT molecular complexity index is 582. The topological polar surface area (TPSA) is 29.1 Å². The van der Waals surface area contributed by atoms with Crippen molar-refractivity contribution >= 4 is 50.5 Å². The minimum atomic E-state index is -0.0788. The van der Waals surface area contributed by atoms with E-state index in [0.717, 1.165) is 27.0 Å². The Hall–Kier alpha value is -0.840. The number of rotatable bonds is 3. The summed E-state index contributed by atoms with van der Waals surface area (Å²) < 4.78 is 0.776. The van der Waals surface area contributed by atoms with Gasteiger partial charge in [0.2, 0.25) is 0 Å². The average molecular weight is 345 g/mol. The lowest BCUT2D eigenvalue weighted by Crippen LogP contribution is -2.12. The maximum atomic E-state index is 12.1.